The number of carbonyl (C=O) groups is 1. The Morgan fingerprint density at radius 3 is 2.46 bits per heavy atom. The number of fused-ring (bicyclic) bond motifs is 1. The number of nitrogens with zero attached hydrogens (tertiary/aromatic N) is 2. The van der Waals surface area contributed by atoms with Gasteiger partial charge in [0.15, 0.2) is 10.6 Å². The quantitative estimate of drug-likeness (QED) is 0.392. The van der Waals surface area contributed by atoms with Crippen molar-refractivity contribution in [2.75, 3.05) is 11.8 Å². The summed E-state index contributed by atoms with van der Waals surface area (Å²) in [5.41, 5.74) is 0.456. The normalized spacial score (nSPS) is 11.9. The van der Waals surface area contributed by atoms with Gasteiger partial charge in [-0.3, -0.25) is 9.52 Å². The summed E-state index contributed by atoms with van der Waals surface area (Å²) in [4.78, 5) is 16.9. The molecule has 1 aromatic heterocycles. The van der Waals surface area contributed by atoms with E-state index in [1.165, 1.54) is 60.2 Å². The van der Waals surface area contributed by atoms with Crippen LogP contribution in [-0.4, -0.2) is 26.0 Å². The molecule has 0 spiro atoms. The molecule has 0 fully saturated rings. The maximum absolute atomic E-state index is 14.3. The fourth-order valence-electron chi connectivity index (χ4n) is 3.25. The fraction of sp³-hybridized carbons (Fsp3) is 0.0833. The van der Waals surface area contributed by atoms with Gasteiger partial charge in [0.25, 0.3) is 15.9 Å². The molecule has 7 nitrogen and oxygen atoms in total. The number of methoxy groups -OCH3 is 1. The van der Waals surface area contributed by atoms with Crippen molar-refractivity contribution in [2.24, 2.45) is 4.99 Å². The van der Waals surface area contributed by atoms with Gasteiger partial charge in [0, 0.05) is 17.3 Å². The van der Waals surface area contributed by atoms with E-state index in [9.17, 15) is 22.0 Å². The second-order valence-electron chi connectivity index (χ2n) is 7.18. The lowest BCUT2D eigenvalue weighted by Gasteiger charge is -2.09. The van der Waals surface area contributed by atoms with Gasteiger partial charge >= 0.3 is 0 Å². The number of sulfonamides is 1. The lowest BCUT2D eigenvalue weighted by atomic mass is 10.2. The van der Waals surface area contributed by atoms with Gasteiger partial charge in [-0.25, -0.2) is 17.2 Å². The van der Waals surface area contributed by atoms with Crippen LogP contribution in [0.2, 0.25) is 0 Å². The molecule has 1 amide bonds. The van der Waals surface area contributed by atoms with E-state index in [1.807, 2.05) is 0 Å². The molecule has 3 aromatic carbocycles. The number of ether oxygens (including phenoxy) is 1. The summed E-state index contributed by atoms with van der Waals surface area (Å²) < 4.78 is 62.2. The average molecular weight is 514 g/mol. The van der Waals surface area contributed by atoms with Crippen LogP contribution in [-0.2, 0) is 16.6 Å². The zero-order valence-electron chi connectivity index (χ0n) is 18.2. The minimum absolute atomic E-state index is 0.0416. The largest absolute Gasteiger partial charge is 0.497 e. The van der Waals surface area contributed by atoms with E-state index in [0.29, 0.717) is 5.75 Å². The Hall–Kier alpha value is -4.01. The molecule has 0 aliphatic carbocycles. The molecular formula is C24H17F2N3O4S2. The van der Waals surface area contributed by atoms with Gasteiger partial charge in [-0.2, -0.15) is 4.99 Å². The Bertz CT molecular complexity index is 1630. The predicted molar refractivity (Wildman–Crippen MR) is 129 cm³/mol. The number of nitrogens with one attached hydrogen (secondary N) is 1. The highest BCUT2D eigenvalue weighted by Gasteiger charge is 2.16. The van der Waals surface area contributed by atoms with E-state index in [0.717, 1.165) is 23.5 Å². The van der Waals surface area contributed by atoms with Crippen LogP contribution >= 0.6 is 11.3 Å². The van der Waals surface area contributed by atoms with Crippen LogP contribution < -0.4 is 14.3 Å². The van der Waals surface area contributed by atoms with E-state index in [4.69, 9.17) is 11.2 Å². The first-order valence-corrected chi connectivity index (χ1v) is 12.3. The maximum Gasteiger partial charge on any atom is 0.279 e. The van der Waals surface area contributed by atoms with Crippen molar-refractivity contribution in [1.82, 2.24) is 4.57 Å². The molecular weight excluding hydrogens is 496 g/mol. The van der Waals surface area contributed by atoms with Crippen molar-refractivity contribution in [2.45, 2.75) is 11.4 Å². The molecule has 0 aliphatic rings. The van der Waals surface area contributed by atoms with Crippen molar-refractivity contribution in [3.8, 4) is 18.1 Å². The molecule has 0 saturated heterocycles. The number of hydrogen-bond acceptors (Lipinski definition) is 5. The van der Waals surface area contributed by atoms with E-state index in [-0.39, 0.29) is 37.7 Å². The van der Waals surface area contributed by atoms with Crippen LogP contribution in [0.5, 0.6) is 5.75 Å². The number of hydrogen-bond donors (Lipinski definition) is 1. The van der Waals surface area contributed by atoms with E-state index in [1.54, 1.807) is 0 Å². The molecule has 0 atom stereocenters. The summed E-state index contributed by atoms with van der Waals surface area (Å²) in [6, 6.07) is 13.4. The van der Waals surface area contributed by atoms with E-state index in [2.05, 4.69) is 15.6 Å². The third-order valence-corrected chi connectivity index (χ3v) is 7.32. The lowest BCUT2D eigenvalue weighted by molar-refractivity contribution is 0.0998. The molecule has 4 aromatic rings. The first-order valence-electron chi connectivity index (χ1n) is 9.99. The smallest absolute Gasteiger partial charge is 0.279 e. The Morgan fingerprint density at radius 1 is 1.14 bits per heavy atom. The molecule has 0 aliphatic heterocycles. The number of carbonyl (C=O) groups excluding carboxylic acids is 1. The molecule has 178 valence electrons. The molecule has 4 rings (SSSR count). The van der Waals surface area contributed by atoms with Gasteiger partial charge in [0.2, 0.25) is 0 Å². The highest BCUT2D eigenvalue weighted by Crippen LogP contribution is 2.23. The van der Waals surface area contributed by atoms with Gasteiger partial charge in [0.1, 0.15) is 11.6 Å². The predicted octanol–water partition coefficient (Wildman–Crippen LogP) is 4.16. The Morgan fingerprint density at radius 2 is 1.83 bits per heavy atom. The minimum Gasteiger partial charge on any atom is -0.497 e. The summed E-state index contributed by atoms with van der Waals surface area (Å²) in [5.74, 6) is 0.666. The topological polar surface area (TPSA) is 89.8 Å². The van der Waals surface area contributed by atoms with Gasteiger partial charge in [-0.15, -0.1) is 6.42 Å². The molecule has 11 heteroatoms. The Balaban J connectivity index is 1.61. The molecule has 35 heavy (non-hydrogen) atoms. The molecule has 0 radical (unpaired) electrons. The van der Waals surface area contributed by atoms with E-state index < -0.39 is 27.6 Å². The number of amides is 1. The van der Waals surface area contributed by atoms with Crippen molar-refractivity contribution in [1.29, 1.82) is 0 Å². The molecule has 0 unspecified atom stereocenters. The third-order valence-electron chi connectivity index (χ3n) is 4.90. The molecule has 1 N–H and O–H groups in total. The highest BCUT2D eigenvalue weighted by molar-refractivity contribution is 7.92. The number of benzene rings is 3. The summed E-state index contributed by atoms with van der Waals surface area (Å²) in [6.45, 7) is -0.0687. The van der Waals surface area contributed by atoms with Crippen LogP contribution in [0.1, 0.15) is 10.4 Å². The van der Waals surface area contributed by atoms with Crippen LogP contribution in [0, 0.1) is 24.0 Å². The van der Waals surface area contributed by atoms with E-state index >= 15 is 0 Å². The Labute approximate surface area is 203 Å². The zero-order chi connectivity index (χ0) is 25.2. The van der Waals surface area contributed by atoms with Crippen LogP contribution in [0.25, 0.3) is 10.2 Å². The van der Waals surface area contributed by atoms with Crippen LogP contribution in [0.4, 0.5) is 14.5 Å². The first-order chi connectivity index (χ1) is 16.7. The zero-order valence-corrected chi connectivity index (χ0v) is 19.8. The summed E-state index contributed by atoms with van der Waals surface area (Å²) in [7, 11) is -2.38. The third kappa shape index (κ3) is 5.08. The average Bonchev–Trinajstić information content (AvgIpc) is 3.16. The fourth-order valence-corrected chi connectivity index (χ4v) is 5.38. The van der Waals surface area contributed by atoms with Crippen molar-refractivity contribution >= 4 is 43.2 Å². The second-order valence-corrected chi connectivity index (χ2v) is 9.88. The highest BCUT2D eigenvalue weighted by atomic mass is 32.2. The molecule has 0 bridgehead atoms. The number of rotatable bonds is 6. The van der Waals surface area contributed by atoms with Crippen molar-refractivity contribution in [3.63, 3.8) is 0 Å². The van der Waals surface area contributed by atoms with Gasteiger partial charge in [-0.1, -0.05) is 17.3 Å². The number of aromatic nitrogens is 1. The summed E-state index contributed by atoms with van der Waals surface area (Å²) in [6.07, 6.45) is 5.37. The van der Waals surface area contributed by atoms with Gasteiger partial charge in [-0.05, 0) is 54.6 Å². The van der Waals surface area contributed by atoms with Gasteiger partial charge < -0.3 is 9.30 Å². The van der Waals surface area contributed by atoms with Crippen molar-refractivity contribution < 1.29 is 26.7 Å². The number of anilines is 1. The molecule has 0 saturated carbocycles. The maximum atomic E-state index is 14.3. The number of terminal acetylenes is 1. The Kier molecular flexibility index (Phi) is 6.68. The SMILES string of the molecule is C#CCn1c(=NC(=O)c2ccc(NS(=O)(=O)c3ccc(OC)cc3)cc2)sc2cc(F)cc(F)c21. The summed E-state index contributed by atoms with van der Waals surface area (Å²) >= 11 is 0.926. The van der Waals surface area contributed by atoms with Crippen molar-refractivity contribution in [3.05, 3.63) is 82.7 Å². The number of halogens is 2. The summed E-state index contributed by atoms with van der Waals surface area (Å²) in [5, 5.41) is 0. The standard InChI is InChI=1S/C24H17F2N3O4S2/c1-3-12-29-22-20(26)13-16(25)14-21(22)34-24(29)27-23(30)15-4-6-17(7-5-15)28-35(31,32)19-10-8-18(33-2)9-11-19/h1,4-11,13-14,28H,12H2,2H3. The lowest BCUT2D eigenvalue weighted by Crippen LogP contribution is -2.17. The monoisotopic (exact) mass is 513 g/mol. The number of thiazole rings is 1. The first kappa shape index (κ1) is 24.1. The molecule has 1 heterocycles. The minimum atomic E-state index is -3.85. The van der Waals surface area contributed by atoms with Crippen LogP contribution in [0.3, 0.4) is 0 Å². The van der Waals surface area contributed by atoms with Gasteiger partial charge in [0.05, 0.1) is 28.8 Å². The second kappa shape index (κ2) is 9.69. The van der Waals surface area contributed by atoms with Crippen LogP contribution in [0.15, 0.2) is 70.6 Å².